The third-order valence-electron chi connectivity index (χ3n) is 25.8. The van der Waals surface area contributed by atoms with Gasteiger partial charge >= 0.3 is 0 Å². The molecule has 3 aromatic heterocycles. The van der Waals surface area contributed by atoms with Crippen LogP contribution in [0.15, 0.2) is 333 Å². The van der Waals surface area contributed by atoms with Crippen molar-refractivity contribution in [3.8, 4) is 67.5 Å². The number of nitrogens with zero attached hydrogens (tertiary/aromatic N) is 6. The highest BCUT2D eigenvalue weighted by molar-refractivity contribution is 6.32. The van der Waals surface area contributed by atoms with E-state index in [1.54, 1.807) is 0 Å². The Balaban J connectivity index is 0.634. The van der Waals surface area contributed by atoms with Crippen molar-refractivity contribution >= 4 is 138 Å². The van der Waals surface area contributed by atoms with Gasteiger partial charge in [-0.05, 0) is 253 Å². The molecule has 0 radical (unpaired) electrons. The van der Waals surface area contributed by atoms with Crippen LogP contribution in [0.4, 0.5) is 28.4 Å². The maximum atomic E-state index is 7.51. The first-order chi connectivity index (χ1) is 56.9. The molecule has 10 nitrogen and oxygen atoms in total. The molecule has 21 aromatic rings. The summed E-state index contributed by atoms with van der Waals surface area (Å²) < 4.78 is 0. The van der Waals surface area contributed by atoms with E-state index in [0.717, 1.165) is 145 Å². The van der Waals surface area contributed by atoms with Crippen molar-refractivity contribution in [2.24, 2.45) is 10.7 Å². The number of nitrogens with two attached hydrogens (primary N) is 1. The van der Waals surface area contributed by atoms with Crippen molar-refractivity contribution in [2.45, 2.75) is 51.0 Å². The quantitative estimate of drug-likeness (QED) is 0.0547. The van der Waals surface area contributed by atoms with Crippen LogP contribution in [-0.2, 0) is 10.8 Å². The van der Waals surface area contributed by atoms with Gasteiger partial charge in [0.05, 0.1) is 44.8 Å². The van der Waals surface area contributed by atoms with Crippen LogP contribution in [0.1, 0.15) is 73.5 Å². The van der Waals surface area contributed by atoms with Gasteiger partial charge in [0.15, 0.2) is 0 Å². The molecule has 10 heteroatoms. The van der Waals surface area contributed by atoms with Gasteiger partial charge in [-0.15, -0.1) is 0 Å². The second-order valence-corrected chi connectivity index (χ2v) is 32.8. The van der Waals surface area contributed by atoms with Gasteiger partial charge in [-0.3, -0.25) is 0 Å². The zero-order valence-electron chi connectivity index (χ0n) is 64.2. The summed E-state index contributed by atoms with van der Waals surface area (Å²) in [6.45, 7) is 9.64. The van der Waals surface area contributed by atoms with E-state index in [4.69, 9.17) is 25.7 Å². The summed E-state index contributed by atoms with van der Waals surface area (Å²) in [5, 5.41) is 15.2. The lowest BCUT2D eigenvalue weighted by Gasteiger charge is -2.40. The highest BCUT2D eigenvalue weighted by Crippen LogP contribution is 2.60. The van der Waals surface area contributed by atoms with Crippen LogP contribution in [0.5, 0.6) is 0 Å². The molecule has 0 aliphatic heterocycles. The summed E-state index contributed by atoms with van der Waals surface area (Å²) in [5.74, 6) is 2.76. The highest BCUT2D eigenvalue weighted by Gasteiger charge is 2.44. The summed E-state index contributed by atoms with van der Waals surface area (Å²) in [5.41, 5.74) is 36.8. The topological polar surface area (TPSA) is 131 Å². The summed E-state index contributed by atoms with van der Waals surface area (Å²) in [6, 6.07) is 119. The maximum absolute atomic E-state index is 7.51. The standard InChI is InChI=1S/C106H74N10/c1-105(2)83-51-40-61-23-17-18-32-69(61)96(83)81-57-85-82(58-84(81)105)97-76-50-47-71-78(102-109-87-33-19-20-34-88(87)110-102)55-77(70-44-39-63(95(76)98(70)71)53-86(97)106(85,3)4)101(107)108-64-42-37-60(38-43-64)62-41-52-91-92(54-62)114-104(113-91)80-56-79(103-111-89-35-21-22-36-90(89)112-103)72-45-48-74-93(115(65-24-9-5-10-25-65)66-26-11-6-12-27-66)59-94(75-49-46-73(80)99(72)100(74)75)116(67-28-13-7-14-29-67)68-30-15-8-16-31-68/h5-58,94H,59H2,1-4H3,(H2,107,108)(H,109,110)(H,111,112)(H,113,114). The molecule has 3 aliphatic carbocycles. The molecule has 0 fully saturated rings. The van der Waals surface area contributed by atoms with Gasteiger partial charge in [-0.1, -0.05) is 228 Å². The predicted octanol–water partition coefficient (Wildman–Crippen LogP) is 25.9. The fourth-order valence-electron chi connectivity index (χ4n) is 20.3. The van der Waals surface area contributed by atoms with E-state index >= 15 is 0 Å². The number of aromatic amines is 3. The SMILES string of the molecule is CC1(C)c2cc3c(cc2-c2c1ccc1ccccc21)C(C)(C)c1cc2ccc4c(C(N)=Nc5ccc(-c6ccc7[nH]c(-c8cc(-c9nc%10ccccc%10[nH]9)c9ccc%10c%11c(ccc8c9%11)C(N(c8ccccc8)c8ccccc8)CC=%10N(c8ccccc8)c8ccccc8)nc7c6)cc5)cc(-c5nc6ccccc6[nH]5)c5ccc(c1-3)c2c45. The fourth-order valence-corrected chi connectivity index (χ4v) is 20.3. The molecular weight excluding hydrogens is 1410 g/mol. The molecule has 0 saturated heterocycles. The van der Waals surface area contributed by atoms with Crippen LogP contribution in [0.2, 0.25) is 0 Å². The van der Waals surface area contributed by atoms with Crippen molar-refractivity contribution in [3.63, 3.8) is 0 Å². The number of fused-ring (bicyclic) bond motifs is 12. The lowest BCUT2D eigenvalue weighted by Crippen LogP contribution is -2.34. The minimum Gasteiger partial charge on any atom is -0.383 e. The Morgan fingerprint density at radius 1 is 0.362 bits per heavy atom. The van der Waals surface area contributed by atoms with Crippen LogP contribution in [-0.4, -0.2) is 35.7 Å². The number of amidine groups is 1. The van der Waals surface area contributed by atoms with Gasteiger partial charge in [-0.25, -0.2) is 19.9 Å². The smallest absolute Gasteiger partial charge is 0.139 e. The van der Waals surface area contributed by atoms with Gasteiger partial charge in [-0.2, -0.15) is 0 Å². The molecule has 1 atom stereocenters. The van der Waals surface area contributed by atoms with Crippen molar-refractivity contribution < 1.29 is 0 Å². The molecular formula is C106H74N10. The van der Waals surface area contributed by atoms with Crippen LogP contribution in [0.3, 0.4) is 0 Å². The molecule has 0 saturated carbocycles. The molecule has 0 bridgehead atoms. The Morgan fingerprint density at radius 3 is 1.48 bits per heavy atom. The van der Waals surface area contributed by atoms with E-state index in [1.165, 1.54) is 93.3 Å². The van der Waals surface area contributed by atoms with E-state index in [2.05, 4.69) is 374 Å². The van der Waals surface area contributed by atoms with Gasteiger partial charge < -0.3 is 30.5 Å². The molecule has 3 aliphatic rings. The van der Waals surface area contributed by atoms with E-state index in [9.17, 15) is 0 Å². The Bertz CT molecular complexity index is 7660. The number of imidazole rings is 3. The summed E-state index contributed by atoms with van der Waals surface area (Å²) in [7, 11) is 0. The number of hydrogen-bond acceptors (Lipinski definition) is 6. The zero-order valence-corrected chi connectivity index (χ0v) is 64.2. The molecule has 0 amide bonds. The highest BCUT2D eigenvalue weighted by atomic mass is 15.2. The van der Waals surface area contributed by atoms with E-state index in [1.807, 2.05) is 6.07 Å². The monoisotopic (exact) mass is 1490 g/mol. The first-order valence-electron chi connectivity index (χ1n) is 40.1. The van der Waals surface area contributed by atoms with Gasteiger partial charge in [0.2, 0.25) is 0 Å². The molecule has 548 valence electrons. The van der Waals surface area contributed by atoms with E-state index < -0.39 is 0 Å². The summed E-state index contributed by atoms with van der Waals surface area (Å²) >= 11 is 0. The van der Waals surface area contributed by atoms with Crippen LogP contribution >= 0.6 is 0 Å². The van der Waals surface area contributed by atoms with Crippen molar-refractivity contribution in [1.29, 1.82) is 0 Å². The minimum atomic E-state index is -0.266. The predicted molar refractivity (Wildman–Crippen MR) is 481 cm³/mol. The number of H-pyrrole nitrogens is 3. The van der Waals surface area contributed by atoms with Crippen LogP contribution in [0, 0.1) is 0 Å². The van der Waals surface area contributed by atoms with Crippen LogP contribution < -0.4 is 20.8 Å². The maximum Gasteiger partial charge on any atom is 0.139 e. The second-order valence-electron chi connectivity index (χ2n) is 32.8. The van der Waals surface area contributed by atoms with Gasteiger partial charge in [0.25, 0.3) is 0 Å². The average molecular weight is 1490 g/mol. The van der Waals surface area contributed by atoms with Gasteiger partial charge in [0.1, 0.15) is 23.3 Å². The number of para-hydroxylation sites is 8. The third kappa shape index (κ3) is 9.70. The minimum absolute atomic E-state index is 0.137. The average Bonchev–Trinajstić information content (AvgIpc) is 1.53. The molecule has 0 spiro atoms. The second kappa shape index (κ2) is 24.6. The van der Waals surface area contributed by atoms with Crippen molar-refractivity contribution in [1.82, 2.24) is 29.9 Å². The number of benzene rings is 18. The van der Waals surface area contributed by atoms with Gasteiger partial charge in [0, 0.05) is 73.2 Å². The lowest BCUT2D eigenvalue weighted by molar-refractivity contribution is 0.652. The number of anilines is 4. The lowest BCUT2D eigenvalue weighted by atomic mass is 9.79. The Kier molecular flexibility index (Phi) is 14.0. The zero-order chi connectivity index (χ0) is 77.0. The third-order valence-corrected chi connectivity index (χ3v) is 25.8. The first-order valence-corrected chi connectivity index (χ1v) is 40.1. The normalized spacial score (nSPS) is 14.6. The summed E-state index contributed by atoms with van der Waals surface area (Å²) in [4.78, 5) is 37.9. The van der Waals surface area contributed by atoms with E-state index in [0.29, 0.717) is 12.3 Å². The summed E-state index contributed by atoms with van der Waals surface area (Å²) in [6.07, 6.45) is 0.703. The number of aromatic nitrogens is 6. The number of nitrogens with one attached hydrogen (secondary N) is 3. The molecule has 5 N–H and O–H groups in total. The fraction of sp³-hybridized carbons (Fsp3) is 0.0755. The largest absolute Gasteiger partial charge is 0.383 e. The number of aliphatic imine (C=N–C) groups is 1. The molecule has 1 unspecified atom stereocenters. The first kappa shape index (κ1) is 65.9. The van der Waals surface area contributed by atoms with Crippen molar-refractivity contribution in [3.05, 3.63) is 366 Å². The molecule has 3 heterocycles. The van der Waals surface area contributed by atoms with Crippen molar-refractivity contribution in [2.75, 3.05) is 9.80 Å². The molecule has 116 heavy (non-hydrogen) atoms. The molecule has 24 rings (SSSR count). The Hall–Kier alpha value is -14.7. The van der Waals surface area contributed by atoms with E-state index in [-0.39, 0.29) is 16.9 Å². The number of hydrogen-bond donors (Lipinski definition) is 4. The Labute approximate surface area is 668 Å². The van der Waals surface area contributed by atoms with Crippen LogP contribution in [0.25, 0.3) is 171 Å². The Morgan fingerprint density at radius 2 is 0.853 bits per heavy atom. The molecule has 18 aromatic carbocycles. The number of rotatable bonds is 12.